The maximum absolute atomic E-state index is 13.0. The number of carboxylic acid groups (broad SMARTS) is 1. The fourth-order valence-corrected chi connectivity index (χ4v) is 7.56. The molecule has 41 heavy (non-hydrogen) atoms. The molecule has 6 rings (SSSR count). The molecule has 1 amide bonds. The van der Waals surface area contributed by atoms with Gasteiger partial charge >= 0.3 is 5.97 Å². The number of hydrogen-bond acceptors (Lipinski definition) is 7. The van der Waals surface area contributed by atoms with Gasteiger partial charge < -0.3 is 24.4 Å². The van der Waals surface area contributed by atoms with Gasteiger partial charge in [0, 0.05) is 49.8 Å². The van der Waals surface area contributed by atoms with Crippen LogP contribution < -0.4 is 9.64 Å². The van der Waals surface area contributed by atoms with E-state index in [2.05, 4.69) is 23.3 Å². The number of carboxylic acids is 1. The van der Waals surface area contributed by atoms with E-state index in [-0.39, 0.29) is 29.8 Å². The number of hydrogen-bond donors (Lipinski definition) is 1. The van der Waals surface area contributed by atoms with Gasteiger partial charge in [0.25, 0.3) is 5.91 Å². The molecule has 2 saturated heterocycles. The van der Waals surface area contributed by atoms with E-state index in [9.17, 15) is 14.7 Å². The predicted octanol–water partition coefficient (Wildman–Crippen LogP) is 5.41. The van der Waals surface area contributed by atoms with E-state index in [1.165, 1.54) is 0 Å². The van der Waals surface area contributed by atoms with E-state index < -0.39 is 5.97 Å². The van der Waals surface area contributed by atoms with Crippen molar-refractivity contribution in [1.82, 2.24) is 9.88 Å². The molecule has 2 aromatic carbocycles. The molecule has 8 nitrogen and oxygen atoms in total. The van der Waals surface area contributed by atoms with Crippen LogP contribution in [0.25, 0.3) is 11.3 Å². The van der Waals surface area contributed by atoms with Gasteiger partial charge in [0.2, 0.25) is 0 Å². The van der Waals surface area contributed by atoms with Crippen LogP contribution in [0.1, 0.15) is 46.3 Å². The van der Waals surface area contributed by atoms with Gasteiger partial charge in [-0.2, -0.15) is 0 Å². The third-order valence-electron chi connectivity index (χ3n) is 9.03. The highest BCUT2D eigenvalue weighted by Crippen LogP contribution is 2.44. The summed E-state index contributed by atoms with van der Waals surface area (Å²) in [4.78, 5) is 33.9. The van der Waals surface area contributed by atoms with E-state index in [0.717, 1.165) is 77.7 Å². The summed E-state index contributed by atoms with van der Waals surface area (Å²) in [5.74, 6) is 0.320. The Morgan fingerprint density at radius 2 is 1.83 bits per heavy atom. The molecule has 216 valence electrons. The molecule has 2 bridgehead atoms. The number of nitrogens with zero attached hydrogens (tertiary/aromatic N) is 3. The van der Waals surface area contributed by atoms with Crippen LogP contribution in [-0.2, 0) is 16.1 Å². The van der Waals surface area contributed by atoms with Crippen LogP contribution in [0.5, 0.6) is 5.75 Å². The molecule has 0 radical (unpaired) electrons. The SMILES string of the molecule is CO[C@@H]1CCN(C(=O)c2ccc(COc3ccc(C)cc3-c3csc(N4C[C@H]5CC[C@@H](C4)C5C(=O)O)n3)c(C)c2)C1. The number of aromatic nitrogens is 1. The Hall–Kier alpha value is -3.43. The minimum Gasteiger partial charge on any atom is -0.488 e. The monoisotopic (exact) mass is 575 g/mol. The van der Waals surface area contributed by atoms with E-state index in [4.69, 9.17) is 14.5 Å². The van der Waals surface area contributed by atoms with Crippen LogP contribution in [-0.4, -0.2) is 66.3 Å². The zero-order chi connectivity index (χ0) is 28.7. The van der Waals surface area contributed by atoms with Gasteiger partial charge in [0.1, 0.15) is 12.4 Å². The number of fused-ring (bicyclic) bond motifs is 2. The van der Waals surface area contributed by atoms with E-state index in [1.807, 2.05) is 42.2 Å². The molecular formula is C32H37N3O5S. The van der Waals surface area contributed by atoms with Crippen LogP contribution in [0, 0.1) is 31.6 Å². The van der Waals surface area contributed by atoms with E-state index in [1.54, 1.807) is 18.4 Å². The zero-order valence-corrected chi connectivity index (χ0v) is 24.7. The van der Waals surface area contributed by atoms with Gasteiger partial charge in [0.15, 0.2) is 5.13 Å². The van der Waals surface area contributed by atoms with Crippen molar-refractivity contribution in [2.24, 2.45) is 17.8 Å². The molecule has 1 N–H and O–H groups in total. The molecule has 2 aliphatic heterocycles. The average Bonchev–Trinajstić information content (AvgIpc) is 3.70. The van der Waals surface area contributed by atoms with E-state index in [0.29, 0.717) is 18.7 Å². The van der Waals surface area contributed by atoms with Crippen molar-refractivity contribution < 1.29 is 24.2 Å². The number of aliphatic carboxylic acids is 1. The number of methoxy groups -OCH3 is 1. The summed E-state index contributed by atoms with van der Waals surface area (Å²) in [5, 5.41) is 12.7. The number of ether oxygens (including phenoxy) is 2. The first-order valence-electron chi connectivity index (χ1n) is 14.4. The third-order valence-corrected chi connectivity index (χ3v) is 9.93. The van der Waals surface area contributed by atoms with Crippen molar-refractivity contribution in [3.63, 3.8) is 0 Å². The largest absolute Gasteiger partial charge is 0.488 e. The maximum atomic E-state index is 13.0. The standard InChI is InChI=1S/C32H37N3O5S/c1-19-4-9-28(40-17-24-8-5-21(13-20(24)2)30(36)34-11-10-25(16-34)39-3)26(12-19)27-18-41-32(33-27)35-14-22-6-7-23(15-35)29(22)31(37)38/h4-5,8-9,12-13,18,22-23,25,29H,6-7,10-11,14-17H2,1-3H3,(H,37,38)/t22-,23+,25-,29?/m1/s1. The Balaban J connectivity index is 1.15. The van der Waals surface area contributed by atoms with Crippen LogP contribution in [0.3, 0.4) is 0 Å². The third kappa shape index (κ3) is 5.57. The predicted molar refractivity (Wildman–Crippen MR) is 159 cm³/mol. The highest BCUT2D eigenvalue weighted by Gasteiger charge is 2.46. The van der Waals surface area contributed by atoms with Gasteiger partial charge in [-0.25, -0.2) is 4.98 Å². The molecular weight excluding hydrogens is 538 g/mol. The van der Waals surface area contributed by atoms with Crippen LogP contribution in [0.4, 0.5) is 5.13 Å². The Morgan fingerprint density at radius 1 is 1.05 bits per heavy atom. The molecule has 0 spiro atoms. The van der Waals surface area contributed by atoms with Crippen molar-refractivity contribution in [2.45, 2.75) is 45.8 Å². The highest BCUT2D eigenvalue weighted by molar-refractivity contribution is 7.14. The van der Waals surface area contributed by atoms with Gasteiger partial charge in [-0.15, -0.1) is 11.3 Å². The second-order valence-corrected chi connectivity index (χ2v) is 12.5. The molecule has 3 aliphatic rings. The normalized spacial score (nSPS) is 23.7. The summed E-state index contributed by atoms with van der Waals surface area (Å²) in [6.07, 6.45) is 2.95. The lowest BCUT2D eigenvalue weighted by molar-refractivity contribution is -0.144. The Kier molecular flexibility index (Phi) is 7.74. The summed E-state index contributed by atoms with van der Waals surface area (Å²) in [6, 6.07) is 12.0. The summed E-state index contributed by atoms with van der Waals surface area (Å²) in [6.45, 7) is 7.31. The molecule has 1 aromatic heterocycles. The van der Waals surface area contributed by atoms with Crippen molar-refractivity contribution in [3.8, 4) is 17.0 Å². The summed E-state index contributed by atoms with van der Waals surface area (Å²) in [5.41, 5.74) is 5.67. The first kappa shape index (κ1) is 27.7. The lowest BCUT2D eigenvalue weighted by Gasteiger charge is -2.35. The Labute approximate surface area is 244 Å². The van der Waals surface area contributed by atoms with Gasteiger partial charge in [-0.05, 0) is 80.3 Å². The second kappa shape index (κ2) is 11.4. The van der Waals surface area contributed by atoms with Crippen molar-refractivity contribution in [1.29, 1.82) is 0 Å². The second-order valence-electron chi connectivity index (χ2n) is 11.7. The summed E-state index contributed by atoms with van der Waals surface area (Å²) >= 11 is 1.61. The molecule has 1 unspecified atom stereocenters. The first-order valence-corrected chi connectivity index (χ1v) is 15.3. The minimum absolute atomic E-state index is 0.0421. The molecule has 1 aliphatic carbocycles. The molecule has 4 atom stereocenters. The number of carbonyl (C=O) groups is 2. The van der Waals surface area contributed by atoms with Gasteiger partial charge in [-0.3, -0.25) is 9.59 Å². The number of rotatable bonds is 8. The number of thiazole rings is 1. The van der Waals surface area contributed by atoms with E-state index >= 15 is 0 Å². The molecule has 3 aromatic rings. The number of benzene rings is 2. The molecule has 1 saturated carbocycles. The number of piperidine rings is 1. The molecule has 9 heteroatoms. The minimum atomic E-state index is -0.651. The molecule has 3 heterocycles. The topological polar surface area (TPSA) is 92.2 Å². The Morgan fingerprint density at radius 3 is 2.51 bits per heavy atom. The maximum Gasteiger partial charge on any atom is 0.307 e. The zero-order valence-electron chi connectivity index (χ0n) is 23.8. The number of anilines is 1. The lowest BCUT2D eigenvalue weighted by atomic mass is 9.85. The number of carbonyl (C=O) groups excluding carboxylic acids is 1. The fraction of sp³-hybridized carbons (Fsp3) is 0.469. The first-order chi connectivity index (χ1) is 19.8. The summed E-state index contributed by atoms with van der Waals surface area (Å²) in [7, 11) is 1.69. The average molecular weight is 576 g/mol. The van der Waals surface area contributed by atoms with Crippen LogP contribution in [0.2, 0.25) is 0 Å². The van der Waals surface area contributed by atoms with Crippen LogP contribution in [0.15, 0.2) is 41.8 Å². The van der Waals surface area contributed by atoms with Crippen molar-refractivity contribution in [2.75, 3.05) is 38.2 Å². The highest BCUT2D eigenvalue weighted by atomic mass is 32.1. The number of aryl methyl sites for hydroxylation is 2. The molecule has 3 fully saturated rings. The fourth-order valence-electron chi connectivity index (χ4n) is 6.72. The smallest absolute Gasteiger partial charge is 0.307 e. The number of likely N-dealkylation sites (tertiary alicyclic amines) is 1. The Bertz CT molecular complexity index is 1440. The lowest BCUT2D eigenvalue weighted by Crippen LogP contribution is -2.44. The van der Waals surface area contributed by atoms with Gasteiger partial charge in [0.05, 0.1) is 17.7 Å². The van der Waals surface area contributed by atoms with Gasteiger partial charge in [-0.1, -0.05) is 17.7 Å². The van der Waals surface area contributed by atoms with Crippen molar-refractivity contribution in [3.05, 3.63) is 64.0 Å². The number of amides is 1. The van der Waals surface area contributed by atoms with Crippen LogP contribution >= 0.6 is 11.3 Å². The quantitative estimate of drug-likeness (QED) is 0.384. The summed E-state index contributed by atoms with van der Waals surface area (Å²) < 4.78 is 11.8. The van der Waals surface area contributed by atoms with Crippen molar-refractivity contribution >= 4 is 28.3 Å².